The Bertz CT molecular complexity index is 1150. The van der Waals surface area contributed by atoms with Gasteiger partial charge in [-0.25, -0.2) is 0 Å². The summed E-state index contributed by atoms with van der Waals surface area (Å²) in [6, 6.07) is 7.94. The molecule has 3 rings (SSSR count). The van der Waals surface area contributed by atoms with E-state index in [1.165, 1.54) is 6.08 Å². The van der Waals surface area contributed by atoms with E-state index in [0.29, 0.717) is 23.7 Å². The van der Waals surface area contributed by atoms with Crippen LogP contribution in [0.2, 0.25) is 15.1 Å². The first-order valence-corrected chi connectivity index (χ1v) is 10.9. The van der Waals surface area contributed by atoms with Crippen LogP contribution in [0, 0.1) is 0 Å². The zero-order chi connectivity index (χ0) is 23.4. The quantitative estimate of drug-likeness (QED) is 0.232. The minimum atomic E-state index is -0.663. The molecule has 1 aliphatic rings. The fourth-order valence-electron chi connectivity index (χ4n) is 2.92. The van der Waals surface area contributed by atoms with Gasteiger partial charge in [0.1, 0.15) is 12.2 Å². The highest BCUT2D eigenvalue weighted by atomic mass is 35.5. The molecule has 1 fully saturated rings. The van der Waals surface area contributed by atoms with Gasteiger partial charge in [0.15, 0.2) is 16.6 Å². The van der Waals surface area contributed by atoms with Crippen LogP contribution in [0.1, 0.15) is 12.5 Å². The lowest BCUT2D eigenvalue weighted by Crippen LogP contribution is -2.54. The van der Waals surface area contributed by atoms with Crippen molar-refractivity contribution in [1.82, 2.24) is 5.32 Å². The van der Waals surface area contributed by atoms with Crippen LogP contribution in [0.15, 0.2) is 48.6 Å². The van der Waals surface area contributed by atoms with Crippen molar-refractivity contribution >= 4 is 75.7 Å². The second-order valence-corrected chi connectivity index (χ2v) is 7.97. The van der Waals surface area contributed by atoms with Crippen molar-refractivity contribution in [3.63, 3.8) is 0 Å². The van der Waals surface area contributed by atoms with Crippen LogP contribution in [0.4, 0.5) is 5.69 Å². The van der Waals surface area contributed by atoms with Crippen molar-refractivity contribution in [2.24, 2.45) is 0 Å². The normalized spacial score (nSPS) is 15.1. The Balaban J connectivity index is 2.06. The number of halogens is 3. The van der Waals surface area contributed by atoms with E-state index in [1.54, 1.807) is 36.4 Å². The third kappa shape index (κ3) is 4.91. The van der Waals surface area contributed by atoms with Gasteiger partial charge in [0.05, 0.1) is 27.4 Å². The molecule has 6 nitrogen and oxygen atoms in total. The molecular formula is C22H17Cl3N2O4S. The molecule has 0 aliphatic carbocycles. The van der Waals surface area contributed by atoms with Crippen LogP contribution in [0.5, 0.6) is 11.5 Å². The number of anilines is 1. The Hall–Kier alpha value is -2.58. The van der Waals surface area contributed by atoms with E-state index in [1.807, 2.05) is 6.92 Å². The summed E-state index contributed by atoms with van der Waals surface area (Å²) < 4.78 is 11.2. The van der Waals surface area contributed by atoms with Crippen LogP contribution < -0.4 is 19.7 Å². The summed E-state index contributed by atoms with van der Waals surface area (Å²) in [7, 11) is 0. The molecule has 1 heterocycles. The predicted molar refractivity (Wildman–Crippen MR) is 131 cm³/mol. The van der Waals surface area contributed by atoms with Gasteiger partial charge in [0.25, 0.3) is 11.8 Å². The smallest absolute Gasteiger partial charge is 0.270 e. The molecule has 2 amide bonds. The van der Waals surface area contributed by atoms with E-state index >= 15 is 0 Å². The van der Waals surface area contributed by atoms with Crippen LogP contribution in [-0.2, 0) is 9.59 Å². The summed E-state index contributed by atoms with van der Waals surface area (Å²) in [6.07, 6.45) is 2.96. The Kier molecular flexibility index (Phi) is 7.79. The molecule has 2 aromatic rings. The van der Waals surface area contributed by atoms with Gasteiger partial charge in [-0.2, -0.15) is 0 Å². The molecule has 2 aromatic carbocycles. The molecular weight excluding hydrogens is 495 g/mol. The molecule has 0 saturated carbocycles. The number of ether oxygens (including phenoxy) is 2. The van der Waals surface area contributed by atoms with Gasteiger partial charge >= 0.3 is 0 Å². The van der Waals surface area contributed by atoms with E-state index in [4.69, 9.17) is 56.5 Å². The first-order valence-electron chi connectivity index (χ1n) is 9.34. The minimum absolute atomic E-state index is 0.109. The maximum Gasteiger partial charge on any atom is 0.270 e. The van der Waals surface area contributed by atoms with E-state index in [2.05, 4.69) is 11.9 Å². The highest BCUT2D eigenvalue weighted by Crippen LogP contribution is 2.38. The monoisotopic (exact) mass is 510 g/mol. The highest BCUT2D eigenvalue weighted by Gasteiger charge is 2.35. The van der Waals surface area contributed by atoms with Gasteiger partial charge in [-0.15, -0.1) is 0 Å². The fraction of sp³-hybridized carbons (Fsp3) is 0.136. The van der Waals surface area contributed by atoms with Crippen molar-refractivity contribution in [3.8, 4) is 11.5 Å². The first kappa shape index (κ1) is 24.1. The molecule has 1 saturated heterocycles. The SMILES string of the molecule is C=CCOc1c(Cl)cc(/C=C2\C(=O)NC(=S)N(c3cccc(Cl)c3Cl)C2=O)cc1OCC. The third-order valence-electron chi connectivity index (χ3n) is 4.26. The summed E-state index contributed by atoms with van der Waals surface area (Å²) in [4.78, 5) is 26.9. The van der Waals surface area contributed by atoms with Crippen molar-refractivity contribution in [1.29, 1.82) is 0 Å². The molecule has 0 spiro atoms. The second-order valence-electron chi connectivity index (χ2n) is 6.39. The number of hydrogen-bond donors (Lipinski definition) is 1. The molecule has 166 valence electrons. The first-order chi connectivity index (χ1) is 15.3. The van der Waals surface area contributed by atoms with E-state index in [-0.39, 0.29) is 38.0 Å². The Labute approximate surface area is 205 Å². The Morgan fingerprint density at radius 3 is 2.59 bits per heavy atom. The Morgan fingerprint density at radius 2 is 1.91 bits per heavy atom. The van der Waals surface area contributed by atoms with Gasteiger partial charge in [0.2, 0.25) is 0 Å². The molecule has 0 aromatic heterocycles. The zero-order valence-corrected chi connectivity index (χ0v) is 19.9. The number of carbonyl (C=O) groups excluding carboxylic acids is 2. The van der Waals surface area contributed by atoms with Crippen LogP contribution >= 0.6 is 47.0 Å². The lowest BCUT2D eigenvalue weighted by atomic mass is 10.1. The molecule has 0 radical (unpaired) electrons. The van der Waals surface area contributed by atoms with Gasteiger partial charge in [-0.3, -0.25) is 19.8 Å². The number of thiocarbonyl (C=S) groups is 1. The molecule has 32 heavy (non-hydrogen) atoms. The van der Waals surface area contributed by atoms with E-state index in [0.717, 1.165) is 4.90 Å². The van der Waals surface area contributed by atoms with Crippen molar-refractivity contribution in [2.45, 2.75) is 6.92 Å². The van der Waals surface area contributed by atoms with Gasteiger partial charge in [-0.1, -0.05) is 53.5 Å². The van der Waals surface area contributed by atoms with E-state index < -0.39 is 11.8 Å². The number of hydrogen-bond acceptors (Lipinski definition) is 5. The number of amides is 2. The lowest BCUT2D eigenvalue weighted by molar-refractivity contribution is -0.122. The summed E-state index contributed by atoms with van der Waals surface area (Å²) >= 11 is 23.9. The summed E-state index contributed by atoms with van der Waals surface area (Å²) in [6.45, 7) is 6.00. The minimum Gasteiger partial charge on any atom is -0.490 e. The number of nitrogens with zero attached hydrogens (tertiary/aromatic N) is 1. The largest absolute Gasteiger partial charge is 0.490 e. The predicted octanol–water partition coefficient (Wildman–Crippen LogP) is 5.44. The fourth-order valence-corrected chi connectivity index (χ4v) is 3.85. The summed E-state index contributed by atoms with van der Waals surface area (Å²) in [5.41, 5.74) is 0.530. The van der Waals surface area contributed by atoms with Crippen molar-refractivity contribution < 1.29 is 19.1 Å². The molecule has 1 N–H and O–H groups in total. The molecule has 0 unspecified atom stereocenters. The average molecular weight is 512 g/mol. The van der Waals surface area contributed by atoms with E-state index in [9.17, 15) is 9.59 Å². The number of rotatable bonds is 7. The van der Waals surface area contributed by atoms with Gasteiger partial charge in [0, 0.05) is 0 Å². The van der Waals surface area contributed by atoms with Crippen molar-refractivity contribution in [3.05, 3.63) is 69.2 Å². The molecule has 1 aliphatic heterocycles. The lowest BCUT2D eigenvalue weighted by Gasteiger charge is -2.29. The van der Waals surface area contributed by atoms with Crippen LogP contribution in [0.3, 0.4) is 0 Å². The van der Waals surface area contributed by atoms with Gasteiger partial charge < -0.3 is 9.47 Å². The maximum atomic E-state index is 13.2. The standard InChI is InChI=1S/C22H17Cl3N2O4S/c1-3-8-31-19-15(24)10-12(11-17(19)30-4-2)9-13-20(28)26-22(32)27(21(13)29)16-7-5-6-14(23)18(16)25/h3,5-7,9-11H,1,4,8H2,2H3,(H,26,28,32)/b13-9+. The average Bonchev–Trinajstić information content (AvgIpc) is 2.73. The Morgan fingerprint density at radius 1 is 1.16 bits per heavy atom. The van der Waals surface area contributed by atoms with Crippen molar-refractivity contribution in [2.75, 3.05) is 18.1 Å². The third-order valence-corrected chi connectivity index (χ3v) is 5.64. The maximum absolute atomic E-state index is 13.2. The second kappa shape index (κ2) is 10.4. The molecule has 0 bridgehead atoms. The van der Waals surface area contributed by atoms with Gasteiger partial charge in [-0.05, 0) is 55.0 Å². The zero-order valence-electron chi connectivity index (χ0n) is 16.8. The molecule has 10 heteroatoms. The summed E-state index contributed by atoms with van der Waals surface area (Å²) in [5.74, 6) is -0.620. The highest BCUT2D eigenvalue weighted by molar-refractivity contribution is 7.80. The van der Waals surface area contributed by atoms with Crippen LogP contribution in [0.25, 0.3) is 6.08 Å². The van der Waals surface area contributed by atoms with Crippen LogP contribution in [-0.4, -0.2) is 30.1 Å². The number of benzene rings is 2. The summed E-state index contributed by atoms with van der Waals surface area (Å²) in [5, 5.41) is 3.01. The number of carbonyl (C=O) groups is 2. The number of nitrogens with one attached hydrogen (secondary N) is 1. The topological polar surface area (TPSA) is 67.9 Å². The molecule has 0 atom stereocenters.